The summed E-state index contributed by atoms with van der Waals surface area (Å²) in [7, 11) is 1.69. The number of methoxy groups -OCH3 is 1. The quantitative estimate of drug-likeness (QED) is 0.580. The minimum absolute atomic E-state index is 0.146. The lowest BCUT2D eigenvalue weighted by Gasteiger charge is -2.21. The van der Waals surface area contributed by atoms with Crippen LogP contribution >= 0.6 is 15.9 Å². The van der Waals surface area contributed by atoms with E-state index in [0.29, 0.717) is 0 Å². The lowest BCUT2D eigenvalue weighted by atomic mass is 10.1. The molecule has 0 amide bonds. The molecule has 116 valence electrons. The molecular formula is C17H24BrNO2. The van der Waals surface area contributed by atoms with E-state index in [2.05, 4.69) is 52.5 Å². The Hall–Kier alpha value is -1.00. The van der Waals surface area contributed by atoms with Gasteiger partial charge in [-0.2, -0.15) is 0 Å². The second-order valence-electron chi connectivity index (χ2n) is 5.30. The van der Waals surface area contributed by atoms with Gasteiger partial charge in [-0.3, -0.25) is 0 Å². The fourth-order valence-electron chi connectivity index (χ4n) is 2.43. The molecule has 0 spiro atoms. The highest BCUT2D eigenvalue weighted by Crippen LogP contribution is 2.38. The van der Waals surface area contributed by atoms with Gasteiger partial charge in [-0.05, 0) is 71.9 Å². The van der Waals surface area contributed by atoms with E-state index in [0.717, 1.165) is 48.3 Å². The van der Waals surface area contributed by atoms with Crippen LogP contribution in [0.4, 0.5) is 0 Å². The molecule has 1 aromatic rings. The zero-order valence-electron chi connectivity index (χ0n) is 12.8. The summed E-state index contributed by atoms with van der Waals surface area (Å²) in [6, 6.07) is 4.16. The maximum Gasteiger partial charge on any atom is 0.176 e. The summed E-state index contributed by atoms with van der Waals surface area (Å²) in [4.78, 5) is 0. The lowest BCUT2D eigenvalue weighted by Crippen LogP contribution is -2.17. The monoisotopic (exact) mass is 353 g/mol. The molecule has 1 aliphatic carbocycles. The summed E-state index contributed by atoms with van der Waals surface area (Å²) in [5.41, 5.74) is 1.19. The minimum atomic E-state index is 0.146. The van der Waals surface area contributed by atoms with Crippen LogP contribution in [0.15, 0.2) is 28.8 Å². The molecule has 0 aromatic heterocycles. The van der Waals surface area contributed by atoms with Crippen molar-refractivity contribution in [3.8, 4) is 11.5 Å². The molecule has 0 saturated carbocycles. The molecule has 0 fully saturated rings. The van der Waals surface area contributed by atoms with Crippen LogP contribution in [0.25, 0.3) is 0 Å². The second kappa shape index (κ2) is 8.44. The lowest BCUT2D eigenvalue weighted by molar-refractivity contribution is 0.218. The van der Waals surface area contributed by atoms with Gasteiger partial charge in [-0.15, -0.1) is 0 Å². The Labute approximate surface area is 135 Å². The van der Waals surface area contributed by atoms with Crippen molar-refractivity contribution < 1.29 is 9.47 Å². The number of hydrogen-bond donors (Lipinski definition) is 1. The molecule has 21 heavy (non-hydrogen) atoms. The van der Waals surface area contributed by atoms with E-state index in [1.807, 2.05) is 0 Å². The Balaban J connectivity index is 2.12. The van der Waals surface area contributed by atoms with Gasteiger partial charge in [-0.1, -0.05) is 13.0 Å². The second-order valence-corrected chi connectivity index (χ2v) is 6.16. The predicted octanol–water partition coefficient (Wildman–Crippen LogP) is 4.44. The Morgan fingerprint density at radius 3 is 2.90 bits per heavy atom. The molecule has 3 nitrogen and oxygen atoms in total. The van der Waals surface area contributed by atoms with Gasteiger partial charge in [0.25, 0.3) is 0 Å². The van der Waals surface area contributed by atoms with Crippen molar-refractivity contribution in [2.24, 2.45) is 0 Å². The van der Waals surface area contributed by atoms with Crippen molar-refractivity contribution in [1.82, 2.24) is 5.32 Å². The summed E-state index contributed by atoms with van der Waals surface area (Å²) in [5.74, 6) is 1.59. The summed E-state index contributed by atoms with van der Waals surface area (Å²) < 4.78 is 12.6. The first kappa shape index (κ1) is 16.4. The molecule has 1 aliphatic rings. The average Bonchev–Trinajstić information content (AvgIpc) is 2.51. The van der Waals surface area contributed by atoms with Crippen LogP contribution in [-0.4, -0.2) is 19.8 Å². The molecule has 4 heteroatoms. The Morgan fingerprint density at radius 2 is 2.24 bits per heavy atom. The number of halogens is 1. The highest BCUT2D eigenvalue weighted by molar-refractivity contribution is 9.10. The summed E-state index contributed by atoms with van der Waals surface area (Å²) in [5, 5.41) is 3.40. The van der Waals surface area contributed by atoms with Crippen molar-refractivity contribution in [1.29, 1.82) is 0 Å². The summed E-state index contributed by atoms with van der Waals surface area (Å²) in [6.45, 7) is 4.02. The topological polar surface area (TPSA) is 30.5 Å². The molecule has 0 heterocycles. The fraction of sp³-hybridized carbons (Fsp3) is 0.529. The van der Waals surface area contributed by atoms with Crippen LogP contribution < -0.4 is 14.8 Å². The number of rotatable bonds is 7. The molecule has 0 saturated heterocycles. The van der Waals surface area contributed by atoms with Gasteiger partial charge in [0.2, 0.25) is 0 Å². The first-order valence-electron chi connectivity index (χ1n) is 7.65. The smallest absolute Gasteiger partial charge is 0.176 e. The number of ether oxygens (including phenoxy) is 2. The minimum Gasteiger partial charge on any atom is -0.493 e. The van der Waals surface area contributed by atoms with Crippen LogP contribution in [0.5, 0.6) is 11.5 Å². The molecule has 0 radical (unpaired) electrons. The Bertz CT molecular complexity index is 488. The molecule has 1 unspecified atom stereocenters. The molecule has 2 rings (SSSR count). The van der Waals surface area contributed by atoms with E-state index in [4.69, 9.17) is 9.47 Å². The van der Waals surface area contributed by atoms with E-state index in [-0.39, 0.29) is 6.10 Å². The van der Waals surface area contributed by atoms with Crippen LogP contribution in [0.2, 0.25) is 0 Å². The first-order chi connectivity index (χ1) is 10.2. The predicted molar refractivity (Wildman–Crippen MR) is 90.1 cm³/mol. The average molecular weight is 354 g/mol. The van der Waals surface area contributed by atoms with Gasteiger partial charge >= 0.3 is 0 Å². The SMILES string of the molecule is CCCNCc1cc(Br)c(OC2C=CCCC2)c(OC)c1. The van der Waals surface area contributed by atoms with Crippen molar-refractivity contribution in [3.05, 3.63) is 34.3 Å². The number of allylic oxidation sites excluding steroid dienone is 1. The van der Waals surface area contributed by atoms with E-state index in [9.17, 15) is 0 Å². The third kappa shape index (κ3) is 4.75. The van der Waals surface area contributed by atoms with Crippen molar-refractivity contribution >= 4 is 15.9 Å². The number of benzene rings is 1. The Morgan fingerprint density at radius 1 is 1.38 bits per heavy atom. The maximum atomic E-state index is 6.11. The summed E-state index contributed by atoms with van der Waals surface area (Å²) >= 11 is 3.62. The van der Waals surface area contributed by atoms with Crippen molar-refractivity contribution in [2.75, 3.05) is 13.7 Å². The molecular weight excluding hydrogens is 330 g/mol. The molecule has 0 bridgehead atoms. The van der Waals surface area contributed by atoms with Gasteiger partial charge in [0.1, 0.15) is 6.10 Å². The van der Waals surface area contributed by atoms with Crippen LogP contribution in [0.1, 0.15) is 38.2 Å². The van der Waals surface area contributed by atoms with E-state index < -0.39 is 0 Å². The van der Waals surface area contributed by atoms with E-state index in [1.165, 1.54) is 12.0 Å². The van der Waals surface area contributed by atoms with Gasteiger partial charge in [0, 0.05) is 6.54 Å². The van der Waals surface area contributed by atoms with Gasteiger partial charge < -0.3 is 14.8 Å². The first-order valence-corrected chi connectivity index (χ1v) is 8.44. The number of nitrogens with one attached hydrogen (secondary N) is 1. The van der Waals surface area contributed by atoms with Gasteiger partial charge in [-0.25, -0.2) is 0 Å². The van der Waals surface area contributed by atoms with Crippen molar-refractivity contribution in [3.63, 3.8) is 0 Å². The molecule has 1 atom stereocenters. The third-order valence-electron chi connectivity index (χ3n) is 3.52. The fourth-order valence-corrected chi connectivity index (χ4v) is 3.01. The van der Waals surface area contributed by atoms with E-state index in [1.54, 1.807) is 7.11 Å². The van der Waals surface area contributed by atoms with Gasteiger partial charge in [0.05, 0.1) is 11.6 Å². The summed E-state index contributed by atoms with van der Waals surface area (Å²) in [6.07, 6.45) is 9.01. The van der Waals surface area contributed by atoms with Crippen LogP contribution in [0, 0.1) is 0 Å². The maximum absolute atomic E-state index is 6.11. The highest BCUT2D eigenvalue weighted by atomic mass is 79.9. The van der Waals surface area contributed by atoms with Crippen LogP contribution in [-0.2, 0) is 6.54 Å². The molecule has 0 aliphatic heterocycles. The van der Waals surface area contributed by atoms with E-state index >= 15 is 0 Å². The van der Waals surface area contributed by atoms with Gasteiger partial charge in [0.15, 0.2) is 11.5 Å². The molecule has 1 N–H and O–H groups in total. The van der Waals surface area contributed by atoms with Crippen molar-refractivity contribution in [2.45, 2.75) is 45.3 Å². The zero-order valence-corrected chi connectivity index (χ0v) is 14.4. The highest BCUT2D eigenvalue weighted by Gasteiger charge is 2.17. The van der Waals surface area contributed by atoms with Crippen LogP contribution in [0.3, 0.4) is 0 Å². The molecule has 1 aromatic carbocycles. The standard InChI is InChI=1S/C17H24BrNO2/c1-3-9-19-12-13-10-15(18)17(16(11-13)20-2)21-14-7-5-4-6-8-14/h5,7,10-11,14,19H,3-4,6,8-9,12H2,1-2H3. The third-order valence-corrected chi connectivity index (χ3v) is 4.11. The normalized spacial score (nSPS) is 17.8. The number of hydrogen-bond acceptors (Lipinski definition) is 3. The largest absolute Gasteiger partial charge is 0.493 e. The zero-order chi connectivity index (χ0) is 15.1. The Kier molecular flexibility index (Phi) is 6.58.